The van der Waals surface area contributed by atoms with E-state index >= 15 is 0 Å². The number of cyclic esters (lactones) is 1. The van der Waals surface area contributed by atoms with Crippen molar-refractivity contribution < 1.29 is 9.53 Å². The van der Waals surface area contributed by atoms with Crippen molar-refractivity contribution in [3.8, 4) is 0 Å². The third kappa shape index (κ3) is 3.33. The van der Waals surface area contributed by atoms with Crippen LogP contribution in [0.2, 0.25) is 0 Å². The van der Waals surface area contributed by atoms with Gasteiger partial charge in [0.05, 0.1) is 6.04 Å². The maximum absolute atomic E-state index is 12.8. The van der Waals surface area contributed by atoms with Crippen LogP contribution < -0.4 is 0 Å². The number of benzene rings is 3. The number of aromatic nitrogens is 3. The number of carbonyl (C=O) groups excluding carboxylic acids is 1. The SMILES string of the molecule is O=C1OC[C@H](Cc2ccccc2)N1C(c1ccccc1)n1nc2ccccc2n1. The maximum atomic E-state index is 12.8. The molecule has 0 bridgehead atoms. The molecule has 1 unspecified atom stereocenters. The Morgan fingerprint density at radius 2 is 1.45 bits per heavy atom. The summed E-state index contributed by atoms with van der Waals surface area (Å²) in [5, 5.41) is 9.33. The number of hydrogen-bond acceptors (Lipinski definition) is 4. The third-order valence-corrected chi connectivity index (χ3v) is 5.20. The van der Waals surface area contributed by atoms with Gasteiger partial charge in [-0.05, 0) is 29.7 Å². The van der Waals surface area contributed by atoms with Gasteiger partial charge >= 0.3 is 6.09 Å². The van der Waals surface area contributed by atoms with Gasteiger partial charge in [0, 0.05) is 0 Å². The summed E-state index contributed by atoms with van der Waals surface area (Å²) in [6.07, 6.45) is -0.120. The zero-order valence-electron chi connectivity index (χ0n) is 15.8. The summed E-state index contributed by atoms with van der Waals surface area (Å²) >= 11 is 0. The van der Waals surface area contributed by atoms with Crippen molar-refractivity contribution >= 4 is 17.1 Å². The third-order valence-electron chi connectivity index (χ3n) is 5.20. The lowest BCUT2D eigenvalue weighted by Gasteiger charge is -2.30. The normalized spacial score (nSPS) is 17.4. The van der Waals surface area contributed by atoms with E-state index in [9.17, 15) is 4.79 Å². The Morgan fingerprint density at radius 3 is 2.10 bits per heavy atom. The molecule has 6 nitrogen and oxygen atoms in total. The van der Waals surface area contributed by atoms with Crippen molar-refractivity contribution in [1.82, 2.24) is 19.9 Å². The highest BCUT2D eigenvalue weighted by atomic mass is 16.6. The number of amides is 1. The highest BCUT2D eigenvalue weighted by molar-refractivity contribution is 5.73. The number of rotatable bonds is 5. The molecule has 3 aromatic carbocycles. The van der Waals surface area contributed by atoms with Crippen LogP contribution in [0.25, 0.3) is 11.0 Å². The fourth-order valence-corrected chi connectivity index (χ4v) is 3.83. The lowest BCUT2D eigenvalue weighted by atomic mass is 10.0. The molecule has 4 aromatic rings. The van der Waals surface area contributed by atoms with Gasteiger partial charge in [-0.3, -0.25) is 4.90 Å². The van der Waals surface area contributed by atoms with Crippen molar-refractivity contribution in [3.63, 3.8) is 0 Å². The van der Waals surface area contributed by atoms with Gasteiger partial charge in [-0.25, -0.2) is 4.79 Å². The first-order valence-corrected chi connectivity index (χ1v) is 9.65. The smallest absolute Gasteiger partial charge is 0.412 e. The Balaban J connectivity index is 1.58. The molecule has 0 aliphatic carbocycles. The predicted octanol–water partition coefficient (Wildman–Crippen LogP) is 4.04. The molecule has 1 aliphatic heterocycles. The Hall–Kier alpha value is -3.67. The largest absolute Gasteiger partial charge is 0.447 e. The van der Waals surface area contributed by atoms with Gasteiger partial charge in [-0.2, -0.15) is 15.0 Å². The molecule has 1 fully saturated rings. The van der Waals surface area contributed by atoms with E-state index in [1.165, 1.54) is 0 Å². The monoisotopic (exact) mass is 384 g/mol. The standard InChI is InChI=1S/C23H20N4O2/c28-23-26(19(16-29-23)15-17-9-3-1-4-10-17)22(18-11-5-2-6-12-18)27-24-20-13-7-8-14-21(20)25-27/h1-14,19,22H,15-16H2/t19-,22?/m0/s1. The van der Waals surface area contributed by atoms with Crippen LogP contribution in [0.15, 0.2) is 84.9 Å². The van der Waals surface area contributed by atoms with E-state index in [0.717, 1.165) is 22.2 Å². The van der Waals surface area contributed by atoms with Gasteiger partial charge in [0.15, 0.2) is 6.17 Å². The Labute approximate surface area is 168 Å². The highest BCUT2D eigenvalue weighted by Crippen LogP contribution is 2.30. The first-order chi connectivity index (χ1) is 14.3. The van der Waals surface area contributed by atoms with E-state index in [-0.39, 0.29) is 12.1 Å². The number of hydrogen-bond donors (Lipinski definition) is 0. The minimum atomic E-state index is -0.479. The highest BCUT2D eigenvalue weighted by Gasteiger charge is 2.40. The quantitative estimate of drug-likeness (QED) is 0.521. The summed E-state index contributed by atoms with van der Waals surface area (Å²) in [6.45, 7) is 0.345. The predicted molar refractivity (Wildman–Crippen MR) is 109 cm³/mol. The van der Waals surface area contributed by atoms with Gasteiger partial charge in [0.2, 0.25) is 0 Å². The van der Waals surface area contributed by atoms with Crippen LogP contribution >= 0.6 is 0 Å². The minimum absolute atomic E-state index is 0.107. The molecule has 6 heteroatoms. The molecule has 1 amide bonds. The van der Waals surface area contributed by atoms with E-state index in [0.29, 0.717) is 13.0 Å². The molecular weight excluding hydrogens is 364 g/mol. The van der Waals surface area contributed by atoms with Gasteiger partial charge in [-0.15, -0.1) is 0 Å². The molecule has 0 spiro atoms. The zero-order valence-corrected chi connectivity index (χ0v) is 15.8. The van der Waals surface area contributed by atoms with Crippen molar-refractivity contribution in [3.05, 3.63) is 96.1 Å². The second-order valence-electron chi connectivity index (χ2n) is 7.12. The summed E-state index contributed by atoms with van der Waals surface area (Å²) in [5.41, 5.74) is 3.68. The van der Waals surface area contributed by atoms with Crippen LogP contribution in [0.3, 0.4) is 0 Å². The topological polar surface area (TPSA) is 60.2 Å². The lowest BCUT2D eigenvalue weighted by Crippen LogP contribution is -2.42. The Bertz CT molecular complexity index is 1090. The van der Waals surface area contributed by atoms with Gasteiger partial charge < -0.3 is 4.74 Å². The van der Waals surface area contributed by atoms with E-state index in [1.807, 2.05) is 72.8 Å². The molecule has 29 heavy (non-hydrogen) atoms. The van der Waals surface area contributed by atoms with Crippen LogP contribution in [-0.4, -0.2) is 38.6 Å². The molecule has 5 rings (SSSR count). The van der Waals surface area contributed by atoms with Gasteiger partial charge in [0.1, 0.15) is 17.6 Å². The van der Waals surface area contributed by atoms with Crippen LogP contribution in [-0.2, 0) is 11.2 Å². The second-order valence-corrected chi connectivity index (χ2v) is 7.12. The Kier molecular flexibility index (Phi) is 4.44. The van der Waals surface area contributed by atoms with Gasteiger partial charge in [0.25, 0.3) is 0 Å². The summed E-state index contributed by atoms with van der Waals surface area (Å²) in [4.78, 5) is 16.2. The van der Waals surface area contributed by atoms with Crippen LogP contribution in [0.1, 0.15) is 17.3 Å². The molecule has 2 heterocycles. The maximum Gasteiger partial charge on any atom is 0.412 e. The molecule has 0 saturated carbocycles. The molecule has 2 atom stereocenters. The lowest BCUT2D eigenvalue weighted by molar-refractivity contribution is 0.127. The molecule has 144 valence electrons. The number of carbonyl (C=O) groups is 1. The van der Waals surface area contributed by atoms with E-state index < -0.39 is 6.17 Å². The number of fused-ring (bicyclic) bond motifs is 1. The second kappa shape index (κ2) is 7.39. The molecule has 0 radical (unpaired) electrons. The number of ether oxygens (including phenoxy) is 1. The van der Waals surface area contributed by atoms with Crippen molar-refractivity contribution in [1.29, 1.82) is 0 Å². The summed E-state index contributed by atoms with van der Waals surface area (Å²) in [5.74, 6) is 0. The van der Waals surface area contributed by atoms with Gasteiger partial charge in [-0.1, -0.05) is 72.8 Å². The minimum Gasteiger partial charge on any atom is -0.447 e. The van der Waals surface area contributed by atoms with E-state index in [1.54, 1.807) is 9.70 Å². The summed E-state index contributed by atoms with van der Waals surface area (Å²) in [6, 6.07) is 27.6. The van der Waals surface area contributed by atoms with Crippen LogP contribution in [0.5, 0.6) is 0 Å². The molecule has 1 aliphatic rings. The average Bonchev–Trinajstić information content (AvgIpc) is 3.34. The van der Waals surface area contributed by atoms with Crippen LogP contribution in [0.4, 0.5) is 4.79 Å². The summed E-state index contributed by atoms with van der Waals surface area (Å²) < 4.78 is 5.47. The average molecular weight is 384 g/mol. The van der Waals surface area contributed by atoms with E-state index in [2.05, 4.69) is 22.3 Å². The molecule has 1 aromatic heterocycles. The molecule has 0 N–H and O–H groups in total. The van der Waals surface area contributed by atoms with Crippen molar-refractivity contribution in [2.24, 2.45) is 0 Å². The molecule has 1 saturated heterocycles. The first kappa shape index (κ1) is 17.4. The molecular formula is C23H20N4O2. The van der Waals surface area contributed by atoms with Crippen LogP contribution in [0, 0.1) is 0 Å². The number of nitrogens with zero attached hydrogens (tertiary/aromatic N) is 4. The Morgan fingerprint density at radius 1 is 0.862 bits per heavy atom. The fourth-order valence-electron chi connectivity index (χ4n) is 3.83. The van der Waals surface area contributed by atoms with E-state index in [4.69, 9.17) is 4.74 Å². The zero-order chi connectivity index (χ0) is 19.6. The fraction of sp³-hybridized carbons (Fsp3) is 0.174. The summed E-state index contributed by atoms with van der Waals surface area (Å²) in [7, 11) is 0. The van der Waals surface area contributed by atoms with Crippen molar-refractivity contribution in [2.45, 2.75) is 18.6 Å². The van der Waals surface area contributed by atoms with Crippen molar-refractivity contribution in [2.75, 3.05) is 6.61 Å². The first-order valence-electron chi connectivity index (χ1n) is 9.65.